The lowest BCUT2D eigenvalue weighted by atomic mass is 10.1. The number of aliphatic imine (C=N–C) groups is 1. The molecule has 0 aromatic heterocycles. The summed E-state index contributed by atoms with van der Waals surface area (Å²) in [5, 5.41) is 9.33. The normalized spacial score (nSPS) is 11.4. The first-order chi connectivity index (χ1) is 16.4. The Morgan fingerprint density at radius 2 is 1.38 bits per heavy atom. The predicted octanol–water partition coefficient (Wildman–Crippen LogP) is 5.53. The summed E-state index contributed by atoms with van der Waals surface area (Å²) < 4.78 is 28.3. The first-order valence-electron chi connectivity index (χ1n) is 10.5. The number of nitrogens with zero attached hydrogens (tertiary/aromatic N) is 2. The van der Waals surface area contributed by atoms with Crippen LogP contribution in [0.25, 0.3) is 0 Å². The molecule has 4 aromatic carbocycles. The van der Waals surface area contributed by atoms with E-state index >= 15 is 0 Å². The summed E-state index contributed by atoms with van der Waals surface area (Å²) in [4.78, 5) is 16.0. The Kier molecular flexibility index (Phi) is 6.85. The maximum atomic E-state index is 13.5. The van der Waals surface area contributed by atoms with Gasteiger partial charge < -0.3 is 5.11 Å². The lowest BCUT2D eigenvalue weighted by molar-refractivity contribution is 0.0696. The van der Waals surface area contributed by atoms with Crippen LogP contribution in [0.2, 0.25) is 0 Å². The maximum absolute atomic E-state index is 13.5. The van der Waals surface area contributed by atoms with Crippen LogP contribution >= 0.6 is 0 Å². The number of sulfonamides is 1. The zero-order valence-corrected chi connectivity index (χ0v) is 19.0. The minimum Gasteiger partial charge on any atom is -0.478 e. The molecule has 0 spiro atoms. The third-order valence-corrected chi connectivity index (χ3v) is 6.97. The molecule has 34 heavy (non-hydrogen) atoms. The Hall–Kier alpha value is -4.23. The van der Waals surface area contributed by atoms with Gasteiger partial charge in [-0.15, -0.1) is 0 Å². The van der Waals surface area contributed by atoms with Crippen LogP contribution in [-0.2, 0) is 16.6 Å². The standard InChI is InChI=1S/C27H22N2O4S/c30-27(31)26-14-8-7-11-22(26)19-28-23-15-17-24(18-16-23)29(20-21-9-3-1-4-10-21)34(32,33)25-12-5-2-6-13-25/h1-19H,20H2,(H,30,31). The molecule has 0 heterocycles. The molecule has 4 rings (SSSR count). The van der Waals surface area contributed by atoms with E-state index < -0.39 is 16.0 Å². The fourth-order valence-electron chi connectivity index (χ4n) is 3.44. The van der Waals surface area contributed by atoms with Gasteiger partial charge in [0, 0.05) is 11.8 Å². The van der Waals surface area contributed by atoms with Crippen LogP contribution in [0.1, 0.15) is 21.5 Å². The number of aromatic carboxylic acids is 1. The van der Waals surface area contributed by atoms with Crippen molar-refractivity contribution >= 4 is 33.6 Å². The highest BCUT2D eigenvalue weighted by atomic mass is 32.2. The van der Waals surface area contributed by atoms with Gasteiger partial charge in [0.1, 0.15) is 0 Å². The predicted molar refractivity (Wildman–Crippen MR) is 133 cm³/mol. The monoisotopic (exact) mass is 470 g/mol. The molecule has 0 saturated heterocycles. The van der Waals surface area contributed by atoms with E-state index in [1.165, 1.54) is 16.6 Å². The highest BCUT2D eigenvalue weighted by Crippen LogP contribution is 2.28. The zero-order chi connectivity index (χ0) is 24.0. The van der Waals surface area contributed by atoms with Gasteiger partial charge in [-0.2, -0.15) is 0 Å². The van der Waals surface area contributed by atoms with Crippen LogP contribution in [0.5, 0.6) is 0 Å². The summed E-state index contributed by atoms with van der Waals surface area (Å²) in [6, 6.07) is 31.1. The van der Waals surface area contributed by atoms with Crippen molar-refractivity contribution in [1.82, 2.24) is 0 Å². The summed E-state index contributed by atoms with van der Waals surface area (Å²) in [5.74, 6) is -1.03. The van der Waals surface area contributed by atoms with Gasteiger partial charge in [-0.25, -0.2) is 13.2 Å². The van der Waals surface area contributed by atoms with Crippen molar-refractivity contribution in [2.45, 2.75) is 11.4 Å². The topological polar surface area (TPSA) is 87.0 Å². The van der Waals surface area contributed by atoms with Crippen molar-refractivity contribution in [3.05, 3.63) is 126 Å². The number of hydrogen-bond acceptors (Lipinski definition) is 4. The van der Waals surface area contributed by atoms with Crippen LogP contribution in [0.4, 0.5) is 11.4 Å². The Morgan fingerprint density at radius 3 is 2.03 bits per heavy atom. The quantitative estimate of drug-likeness (QED) is 0.343. The molecule has 0 atom stereocenters. The molecular weight excluding hydrogens is 448 g/mol. The molecule has 0 radical (unpaired) electrons. The first kappa shape index (κ1) is 22.9. The van der Waals surface area contributed by atoms with Gasteiger partial charge in [0.25, 0.3) is 10.0 Å². The van der Waals surface area contributed by atoms with Crippen molar-refractivity contribution in [3.63, 3.8) is 0 Å². The van der Waals surface area contributed by atoms with Crippen molar-refractivity contribution in [1.29, 1.82) is 0 Å². The number of anilines is 1. The van der Waals surface area contributed by atoms with Gasteiger partial charge in [-0.05, 0) is 48.0 Å². The van der Waals surface area contributed by atoms with Crippen LogP contribution < -0.4 is 4.31 Å². The molecule has 0 amide bonds. The molecule has 1 N–H and O–H groups in total. The summed E-state index contributed by atoms with van der Waals surface area (Å²) in [6.07, 6.45) is 1.49. The molecule has 0 aliphatic rings. The molecule has 6 nitrogen and oxygen atoms in total. The molecule has 0 unspecified atom stereocenters. The third-order valence-electron chi connectivity index (χ3n) is 5.18. The van der Waals surface area contributed by atoms with Crippen molar-refractivity contribution < 1.29 is 18.3 Å². The highest BCUT2D eigenvalue weighted by molar-refractivity contribution is 7.92. The van der Waals surface area contributed by atoms with Gasteiger partial charge >= 0.3 is 5.97 Å². The van der Waals surface area contributed by atoms with Crippen LogP contribution in [0.3, 0.4) is 0 Å². The van der Waals surface area contributed by atoms with E-state index in [0.717, 1.165) is 5.56 Å². The lowest BCUT2D eigenvalue weighted by Crippen LogP contribution is -2.30. The second-order valence-electron chi connectivity index (χ2n) is 7.48. The SMILES string of the molecule is O=C(O)c1ccccc1C=Nc1ccc(N(Cc2ccccc2)S(=O)(=O)c2ccccc2)cc1. The molecule has 0 aliphatic heterocycles. The van der Waals surface area contributed by atoms with Crippen LogP contribution in [0, 0.1) is 0 Å². The number of carboxylic acids is 1. The summed E-state index contributed by atoms with van der Waals surface area (Å²) in [5.41, 5.74) is 2.56. The van der Waals surface area contributed by atoms with Crippen molar-refractivity contribution in [3.8, 4) is 0 Å². The van der Waals surface area contributed by atoms with Crippen LogP contribution in [0.15, 0.2) is 119 Å². The van der Waals surface area contributed by atoms with E-state index in [1.54, 1.807) is 72.8 Å². The van der Waals surface area contributed by atoms with E-state index in [9.17, 15) is 18.3 Å². The van der Waals surface area contributed by atoms with Gasteiger partial charge in [0.05, 0.1) is 28.4 Å². The second-order valence-corrected chi connectivity index (χ2v) is 9.34. The number of rotatable bonds is 8. The van der Waals surface area contributed by atoms with E-state index in [-0.39, 0.29) is 17.0 Å². The smallest absolute Gasteiger partial charge is 0.336 e. The number of hydrogen-bond donors (Lipinski definition) is 1. The minimum absolute atomic E-state index is 0.158. The van der Waals surface area contributed by atoms with Gasteiger partial charge in [-0.3, -0.25) is 9.30 Å². The highest BCUT2D eigenvalue weighted by Gasteiger charge is 2.25. The second kappa shape index (κ2) is 10.1. The Morgan fingerprint density at radius 1 is 0.794 bits per heavy atom. The molecule has 4 aromatic rings. The number of carbonyl (C=O) groups is 1. The first-order valence-corrected chi connectivity index (χ1v) is 12.0. The van der Waals surface area contributed by atoms with E-state index in [0.29, 0.717) is 16.9 Å². The van der Waals surface area contributed by atoms with Crippen molar-refractivity contribution in [2.24, 2.45) is 4.99 Å². The average molecular weight is 471 g/mol. The summed E-state index contributed by atoms with van der Waals surface area (Å²) in [7, 11) is -3.81. The third kappa shape index (κ3) is 5.22. The van der Waals surface area contributed by atoms with Gasteiger partial charge in [0.15, 0.2) is 0 Å². The largest absolute Gasteiger partial charge is 0.478 e. The van der Waals surface area contributed by atoms with E-state index in [1.807, 2.05) is 30.3 Å². The van der Waals surface area contributed by atoms with Crippen LogP contribution in [-0.4, -0.2) is 25.7 Å². The summed E-state index contributed by atoms with van der Waals surface area (Å²) in [6.45, 7) is 0.173. The summed E-state index contributed by atoms with van der Waals surface area (Å²) >= 11 is 0. The average Bonchev–Trinajstić information content (AvgIpc) is 2.87. The lowest BCUT2D eigenvalue weighted by Gasteiger charge is -2.25. The maximum Gasteiger partial charge on any atom is 0.336 e. The van der Waals surface area contributed by atoms with E-state index in [2.05, 4.69) is 4.99 Å². The van der Waals surface area contributed by atoms with Gasteiger partial charge in [0.2, 0.25) is 0 Å². The molecule has 7 heteroatoms. The fourth-order valence-corrected chi connectivity index (χ4v) is 4.91. The fraction of sp³-hybridized carbons (Fsp3) is 0.0370. The van der Waals surface area contributed by atoms with Crippen molar-refractivity contribution in [2.75, 3.05) is 4.31 Å². The van der Waals surface area contributed by atoms with E-state index in [4.69, 9.17) is 0 Å². The number of carboxylic acid groups (broad SMARTS) is 1. The zero-order valence-electron chi connectivity index (χ0n) is 18.2. The molecule has 0 fully saturated rings. The Labute approximate surface area is 198 Å². The minimum atomic E-state index is -3.81. The molecule has 170 valence electrons. The Balaban J connectivity index is 1.66. The molecule has 0 bridgehead atoms. The molecule has 0 aliphatic carbocycles. The number of benzene rings is 4. The van der Waals surface area contributed by atoms with Gasteiger partial charge in [-0.1, -0.05) is 66.7 Å². The molecular formula is C27H22N2O4S. The Bertz CT molecular complexity index is 1400. The molecule has 0 saturated carbocycles.